The molecule has 3 aromatic rings. The maximum atomic E-state index is 5.60. The number of nitrogens with one attached hydrogen (secondary N) is 1. The number of rotatable bonds is 0. The van der Waals surface area contributed by atoms with Gasteiger partial charge in [0.15, 0.2) is 11.6 Å². The van der Waals surface area contributed by atoms with E-state index in [0.717, 1.165) is 16.4 Å². The quantitative estimate of drug-likeness (QED) is 0.549. The van der Waals surface area contributed by atoms with Crippen molar-refractivity contribution in [3.05, 3.63) is 24.3 Å². The largest absolute Gasteiger partial charge is 0.369 e. The second kappa shape index (κ2) is 2.41. The average molecular weight is 185 g/mol. The van der Waals surface area contributed by atoms with Gasteiger partial charge in [-0.3, -0.25) is 0 Å². The Morgan fingerprint density at radius 1 is 1.14 bits per heavy atom. The minimum Gasteiger partial charge on any atom is -0.369 e. The van der Waals surface area contributed by atoms with Gasteiger partial charge in [0.05, 0.1) is 16.4 Å². The van der Waals surface area contributed by atoms with Crippen LogP contribution in [0, 0.1) is 0 Å². The summed E-state index contributed by atoms with van der Waals surface area (Å²) in [5.41, 5.74) is 7.90. The maximum absolute atomic E-state index is 5.60. The first-order valence-corrected chi connectivity index (χ1v) is 4.21. The van der Waals surface area contributed by atoms with Gasteiger partial charge in [0.1, 0.15) is 0 Å². The van der Waals surface area contributed by atoms with Crippen LogP contribution < -0.4 is 5.73 Å². The van der Waals surface area contributed by atoms with Crippen molar-refractivity contribution in [3.8, 4) is 0 Å². The van der Waals surface area contributed by atoms with Crippen molar-refractivity contribution in [1.29, 1.82) is 0 Å². The molecule has 0 saturated carbocycles. The molecule has 3 N–H and O–H groups in total. The van der Waals surface area contributed by atoms with Crippen molar-refractivity contribution in [2.45, 2.75) is 0 Å². The topological polar surface area (TPSA) is 80.5 Å². The summed E-state index contributed by atoms with van der Waals surface area (Å²) in [5.74, 6) is 0.352. The van der Waals surface area contributed by atoms with E-state index in [1.54, 1.807) is 0 Å². The molecule has 1 aromatic carbocycles. The lowest BCUT2D eigenvalue weighted by molar-refractivity contribution is 1.12. The van der Waals surface area contributed by atoms with Crippen LogP contribution in [0.1, 0.15) is 0 Å². The number of hydrogen-bond donors (Lipinski definition) is 2. The van der Waals surface area contributed by atoms with Gasteiger partial charge in [-0.25, -0.2) is 0 Å². The first-order valence-electron chi connectivity index (χ1n) is 4.21. The minimum absolute atomic E-state index is 0.352. The summed E-state index contributed by atoms with van der Waals surface area (Å²) in [6, 6.07) is 7.66. The summed E-state index contributed by atoms with van der Waals surface area (Å²) in [6.45, 7) is 0. The molecule has 5 nitrogen and oxygen atoms in total. The fourth-order valence-electron chi connectivity index (χ4n) is 1.54. The molecule has 5 heteroatoms. The van der Waals surface area contributed by atoms with Gasteiger partial charge in [-0.1, -0.05) is 12.1 Å². The summed E-state index contributed by atoms with van der Waals surface area (Å²) in [5, 5.41) is 8.88. The summed E-state index contributed by atoms with van der Waals surface area (Å²) in [4.78, 5) is 7.04. The summed E-state index contributed by atoms with van der Waals surface area (Å²) in [6.07, 6.45) is 0. The highest BCUT2D eigenvalue weighted by atomic mass is 15.2. The molecular weight excluding hydrogens is 178 g/mol. The molecule has 0 bridgehead atoms. The maximum Gasteiger partial charge on any atom is 0.199 e. The Morgan fingerprint density at radius 3 is 2.93 bits per heavy atom. The van der Waals surface area contributed by atoms with E-state index in [1.807, 2.05) is 24.3 Å². The Balaban J connectivity index is 2.70. The molecule has 14 heavy (non-hydrogen) atoms. The van der Waals surface area contributed by atoms with Crippen molar-refractivity contribution in [2.75, 3.05) is 5.73 Å². The Kier molecular flexibility index (Phi) is 1.25. The van der Waals surface area contributed by atoms with Gasteiger partial charge >= 0.3 is 0 Å². The molecule has 2 heterocycles. The lowest BCUT2D eigenvalue weighted by Gasteiger charge is -1.94. The van der Waals surface area contributed by atoms with E-state index < -0.39 is 0 Å². The standard InChI is InChI=1S/C9H7N5/c10-9-11-5-3-1-2-4-6-7(5)8(12-9)14-13-6/h1-4H,(H3,10,11,12,13,14). The average Bonchev–Trinajstić information content (AvgIpc) is 2.43. The normalized spacial score (nSPS) is 11.1. The van der Waals surface area contributed by atoms with Gasteiger partial charge in [0.2, 0.25) is 0 Å². The molecule has 0 saturated heterocycles. The molecule has 3 rings (SSSR count). The van der Waals surface area contributed by atoms with Crippen LogP contribution in [0.5, 0.6) is 0 Å². The molecule has 0 amide bonds. The van der Waals surface area contributed by atoms with Gasteiger partial charge in [0.25, 0.3) is 0 Å². The second-order valence-electron chi connectivity index (χ2n) is 3.04. The number of aromatic nitrogens is 4. The molecule has 0 unspecified atom stereocenters. The predicted molar refractivity (Wildman–Crippen MR) is 53.6 cm³/mol. The second-order valence-corrected chi connectivity index (χ2v) is 3.04. The van der Waals surface area contributed by atoms with E-state index >= 15 is 0 Å². The van der Waals surface area contributed by atoms with Crippen LogP contribution in [-0.4, -0.2) is 20.2 Å². The third-order valence-electron chi connectivity index (χ3n) is 2.12. The fourth-order valence-corrected chi connectivity index (χ4v) is 1.54. The molecule has 0 aliphatic carbocycles. The number of anilines is 1. The van der Waals surface area contributed by atoms with Crippen molar-refractivity contribution < 1.29 is 0 Å². The highest BCUT2D eigenvalue weighted by molar-refractivity contribution is 6.03. The van der Waals surface area contributed by atoms with E-state index in [9.17, 15) is 0 Å². The predicted octanol–water partition coefficient (Wildman–Crippen LogP) is 1.09. The Labute approximate surface area is 79.0 Å². The van der Waals surface area contributed by atoms with E-state index in [1.165, 1.54) is 0 Å². The number of nitrogen functional groups attached to an aromatic ring is 1. The van der Waals surface area contributed by atoms with Gasteiger partial charge in [-0.05, 0) is 12.1 Å². The number of hydrogen-bond acceptors (Lipinski definition) is 4. The number of nitrogens with two attached hydrogens (primary N) is 1. The first-order chi connectivity index (χ1) is 6.84. The molecule has 0 spiro atoms. The minimum atomic E-state index is 0.352. The van der Waals surface area contributed by atoms with E-state index in [0.29, 0.717) is 11.6 Å². The highest BCUT2D eigenvalue weighted by Gasteiger charge is 2.06. The van der Waals surface area contributed by atoms with Crippen LogP contribution in [0.15, 0.2) is 24.3 Å². The third-order valence-corrected chi connectivity index (χ3v) is 2.12. The Hall–Kier alpha value is -2.17. The zero-order valence-electron chi connectivity index (χ0n) is 7.23. The van der Waals surface area contributed by atoms with Crippen LogP contribution in [0.4, 0.5) is 5.95 Å². The van der Waals surface area contributed by atoms with Gasteiger partial charge < -0.3 is 10.7 Å². The van der Waals surface area contributed by atoms with Crippen molar-refractivity contribution in [1.82, 2.24) is 20.2 Å². The van der Waals surface area contributed by atoms with Crippen molar-refractivity contribution in [3.63, 3.8) is 0 Å². The first kappa shape index (κ1) is 7.25. The lowest BCUT2D eigenvalue weighted by atomic mass is 10.3. The zero-order chi connectivity index (χ0) is 9.54. The summed E-state index contributed by atoms with van der Waals surface area (Å²) >= 11 is 0. The van der Waals surface area contributed by atoms with E-state index in [-0.39, 0.29) is 0 Å². The van der Waals surface area contributed by atoms with Crippen LogP contribution in [0.25, 0.3) is 22.1 Å². The number of H-pyrrole nitrogens is 1. The van der Waals surface area contributed by atoms with Gasteiger partial charge in [-0.2, -0.15) is 4.98 Å². The molecule has 0 aliphatic heterocycles. The number of aromatic amines is 1. The smallest absolute Gasteiger partial charge is 0.199 e. The van der Waals surface area contributed by atoms with Crippen LogP contribution in [0.3, 0.4) is 0 Å². The highest BCUT2D eigenvalue weighted by Crippen LogP contribution is 2.20. The molecule has 0 atom stereocenters. The van der Waals surface area contributed by atoms with Gasteiger partial charge in [0, 0.05) is 0 Å². The third kappa shape index (κ3) is 0.861. The Bertz CT molecular complexity index is 613. The molecule has 2 aromatic heterocycles. The lowest BCUT2D eigenvalue weighted by Crippen LogP contribution is -1.94. The molecule has 0 radical (unpaired) electrons. The van der Waals surface area contributed by atoms with E-state index in [2.05, 4.69) is 20.2 Å². The zero-order valence-corrected chi connectivity index (χ0v) is 7.23. The number of nitrogens with zero attached hydrogens (tertiary/aromatic N) is 3. The summed E-state index contributed by atoms with van der Waals surface area (Å²) in [7, 11) is 0. The molecule has 0 fully saturated rings. The van der Waals surface area contributed by atoms with Crippen LogP contribution >= 0.6 is 0 Å². The van der Waals surface area contributed by atoms with Gasteiger partial charge in [-0.15, -0.1) is 10.2 Å². The molecule has 68 valence electrons. The fraction of sp³-hybridized carbons (Fsp3) is 0. The molecule has 0 aliphatic rings. The van der Waals surface area contributed by atoms with Crippen molar-refractivity contribution in [2.24, 2.45) is 0 Å². The van der Waals surface area contributed by atoms with Crippen molar-refractivity contribution >= 4 is 28.0 Å². The Morgan fingerprint density at radius 2 is 2.00 bits per heavy atom. The molecular formula is C9H7N5. The SMILES string of the molecule is Nc1nc2nnc3ccccc([nH]1)c32. The monoisotopic (exact) mass is 185 g/mol. The summed E-state index contributed by atoms with van der Waals surface area (Å²) < 4.78 is 0. The van der Waals surface area contributed by atoms with Crippen LogP contribution in [-0.2, 0) is 0 Å². The van der Waals surface area contributed by atoms with E-state index in [4.69, 9.17) is 5.73 Å². The van der Waals surface area contributed by atoms with Crippen LogP contribution in [0.2, 0.25) is 0 Å².